The number of rotatable bonds is 6. The quantitative estimate of drug-likeness (QED) is 0.318. The Bertz CT molecular complexity index is 2100. The number of aromatic nitrogens is 6. The number of hydrogen-bond donors (Lipinski definition) is 1. The molecule has 0 bridgehead atoms. The van der Waals surface area contributed by atoms with Gasteiger partial charge in [-0.15, -0.1) is 0 Å². The van der Waals surface area contributed by atoms with E-state index in [1.54, 1.807) is 4.90 Å². The maximum absolute atomic E-state index is 12.2. The normalized spacial score (nSPS) is 24.9. The van der Waals surface area contributed by atoms with Crippen LogP contribution in [0.25, 0.3) is 0 Å². The predicted octanol–water partition coefficient (Wildman–Crippen LogP) is 5.31. The lowest BCUT2D eigenvalue weighted by Gasteiger charge is -2.33. The molecule has 0 unspecified atom stereocenters. The first-order valence-corrected chi connectivity index (χ1v) is 25.1. The van der Waals surface area contributed by atoms with Crippen LogP contribution in [-0.2, 0) is 32.7 Å². The van der Waals surface area contributed by atoms with Crippen molar-refractivity contribution in [3.8, 4) is 0 Å². The zero-order valence-electron chi connectivity index (χ0n) is 44.3. The van der Waals surface area contributed by atoms with E-state index < -0.39 is 12.7 Å². The Kier molecular flexibility index (Phi) is 15.3. The Morgan fingerprint density at radius 3 is 1.15 bits per heavy atom. The molecule has 9 rings (SSSR count). The van der Waals surface area contributed by atoms with E-state index in [0.29, 0.717) is 25.2 Å². The van der Waals surface area contributed by atoms with E-state index >= 15 is 0 Å². The van der Waals surface area contributed by atoms with Gasteiger partial charge >= 0.3 is 27.4 Å². The van der Waals surface area contributed by atoms with Gasteiger partial charge in [0.2, 0.25) is 0 Å². The van der Waals surface area contributed by atoms with E-state index in [2.05, 4.69) is 110 Å². The summed E-state index contributed by atoms with van der Waals surface area (Å²) in [6.07, 6.45) is 17.8. The first kappa shape index (κ1) is 52.6. The topological polar surface area (TPSA) is 154 Å². The van der Waals surface area contributed by atoms with E-state index in [0.717, 1.165) is 81.1 Å². The maximum atomic E-state index is 12.2. The maximum Gasteiger partial charge on any atom is 0.498 e. The molecule has 6 saturated heterocycles. The summed E-state index contributed by atoms with van der Waals surface area (Å²) >= 11 is 0. The molecule has 0 saturated carbocycles. The van der Waals surface area contributed by atoms with E-state index in [9.17, 15) is 4.79 Å². The van der Waals surface area contributed by atoms with E-state index in [4.69, 9.17) is 32.7 Å². The third kappa shape index (κ3) is 11.9. The molecule has 68 heavy (non-hydrogen) atoms. The third-order valence-electron chi connectivity index (χ3n) is 15.7. The van der Waals surface area contributed by atoms with Gasteiger partial charge in [0, 0.05) is 66.7 Å². The summed E-state index contributed by atoms with van der Waals surface area (Å²) in [4.78, 5) is 16.4. The molecule has 20 heteroatoms. The van der Waals surface area contributed by atoms with Crippen LogP contribution in [0.15, 0.2) is 37.2 Å². The van der Waals surface area contributed by atoms with Crippen LogP contribution in [0.1, 0.15) is 161 Å². The molecule has 6 fully saturated rings. The van der Waals surface area contributed by atoms with Crippen molar-refractivity contribution in [1.82, 2.24) is 44.5 Å². The molecular formula is C48H82B3N9O8. The largest absolute Gasteiger partial charge is 0.498 e. The van der Waals surface area contributed by atoms with Crippen molar-refractivity contribution in [2.75, 3.05) is 46.3 Å². The number of nitrogens with one attached hydrogen (secondary N) is 1. The van der Waals surface area contributed by atoms with Crippen molar-refractivity contribution < 1.29 is 37.5 Å². The summed E-state index contributed by atoms with van der Waals surface area (Å²) in [5.41, 5.74) is 0.590. The fourth-order valence-electron chi connectivity index (χ4n) is 8.93. The highest BCUT2D eigenvalue weighted by molar-refractivity contribution is 6.62. The fraction of sp³-hybridized carbons (Fsp3) is 0.792. The number of piperidine rings is 3. The smallest absolute Gasteiger partial charge is 0.444 e. The molecule has 3 aromatic heterocycles. The second-order valence-corrected chi connectivity index (χ2v) is 23.7. The lowest BCUT2D eigenvalue weighted by molar-refractivity contribution is 0.00578. The highest BCUT2D eigenvalue weighted by Crippen LogP contribution is 2.39. The van der Waals surface area contributed by atoms with Crippen LogP contribution in [0.4, 0.5) is 4.79 Å². The number of nitrogens with zero attached hydrogens (tertiary/aromatic N) is 8. The Hall–Kier alpha value is -3.23. The second-order valence-electron chi connectivity index (χ2n) is 23.7. The average molecular weight is 946 g/mol. The number of hydrogen-bond acceptors (Lipinski definition) is 13. The molecule has 0 atom stereocenters. The molecule has 1 amide bonds. The van der Waals surface area contributed by atoms with Gasteiger partial charge in [-0.2, -0.15) is 15.3 Å². The Balaban J connectivity index is 0.000000153. The van der Waals surface area contributed by atoms with Gasteiger partial charge in [0.15, 0.2) is 0 Å². The summed E-state index contributed by atoms with van der Waals surface area (Å²) in [7, 11) is 1.16. The van der Waals surface area contributed by atoms with Crippen molar-refractivity contribution in [3.05, 3.63) is 37.2 Å². The van der Waals surface area contributed by atoms with Gasteiger partial charge in [-0.25, -0.2) is 4.79 Å². The average Bonchev–Trinajstić information content (AvgIpc) is 4.11. The molecule has 6 aliphatic heterocycles. The first-order valence-electron chi connectivity index (χ1n) is 25.1. The number of carbonyl (C=O) groups excluding carboxylic acids is 1. The molecule has 376 valence electrons. The van der Waals surface area contributed by atoms with Gasteiger partial charge in [0.05, 0.1) is 51.7 Å². The zero-order chi connectivity index (χ0) is 49.7. The van der Waals surface area contributed by atoms with Crippen molar-refractivity contribution in [2.24, 2.45) is 0 Å². The zero-order valence-corrected chi connectivity index (χ0v) is 44.3. The van der Waals surface area contributed by atoms with Gasteiger partial charge in [-0.3, -0.25) is 14.0 Å². The van der Waals surface area contributed by atoms with Crippen molar-refractivity contribution in [3.63, 3.8) is 0 Å². The van der Waals surface area contributed by atoms with Crippen LogP contribution < -0.4 is 21.7 Å². The Morgan fingerprint density at radius 1 is 0.544 bits per heavy atom. The highest BCUT2D eigenvalue weighted by atomic mass is 16.7. The summed E-state index contributed by atoms with van der Waals surface area (Å²) in [6.45, 7) is 36.2. The minimum Gasteiger partial charge on any atom is -0.444 e. The minimum absolute atomic E-state index is 0.237. The van der Waals surface area contributed by atoms with Crippen molar-refractivity contribution in [1.29, 1.82) is 0 Å². The molecular weight excluding hydrogens is 863 g/mol. The summed E-state index contributed by atoms with van der Waals surface area (Å²) < 4.78 is 48.1. The summed E-state index contributed by atoms with van der Waals surface area (Å²) in [5.74, 6) is 0. The third-order valence-corrected chi connectivity index (χ3v) is 15.7. The minimum atomic E-state index is -0.465. The predicted molar refractivity (Wildman–Crippen MR) is 267 cm³/mol. The SMILES string of the molecule is CC(C)(C)OC(=O)N1CCC(n2cc(B3OC(C)(C)C(C)(C)O3)cn2)CC1.CC1(C)OB(c2cnn(C3CCNCC3)c2)OC1(C)C.CN1CCC(n2cc(B3OC(C)(C)C(C)(C)O3)cn2)CC1. The lowest BCUT2D eigenvalue weighted by Crippen LogP contribution is -2.42. The molecule has 3 aromatic rings. The van der Waals surface area contributed by atoms with Gasteiger partial charge < -0.3 is 47.8 Å². The number of carbonyl (C=O) groups is 1. The molecule has 0 radical (unpaired) electrons. The Labute approximate surface area is 407 Å². The monoisotopic (exact) mass is 946 g/mol. The summed E-state index contributed by atoms with van der Waals surface area (Å²) in [6, 6.07) is 1.25. The fourth-order valence-corrected chi connectivity index (χ4v) is 8.93. The van der Waals surface area contributed by atoms with Crippen LogP contribution in [0.3, 0.4) is 0 Å². The Morgan fingerprint density at radius 2 is 0.838 bits per heavy atom. The van der Waals surface area contributed by atoms with Gasteiger partial charge in [-0.1, -0.05) is 0 Å². The molecule has 1 N–H and O–H groups in total. The lowest BCUT2D eigenvalue weighted by atomic mass is 9.82. The van der Waals surface area contributed by atoms with Gasteiger partial charge in [0.25, 0.3) is 0 Å². The molecule has 9 heterocycles. The number of ether oxygens (including phenoxy) is 1. The summed E-state index contributed by atoms with van der Waals surface area (Å²) in [5, 5.41) is 17.0. The van der Waals surface area contributed by atoms with Gasteiger partial charge in [0.1, 0.15) is 5.60 Å². The van der Waals surface area contributed by atoms with Crippen LogP contribution in [-0.4, -0.2) is 152 Å². The standard InChI is InChI=1S/C19H32BN3O4.C15H26BN3O2.C14H24BN3O2/c1-17(2,3)25-16(24)22-10-8-15(9-11-22)23-13-14(12-21-23)20-26-18(4,5)19(6,7)27-20;1-14(2)15(3,4)21-16(20-14)12-10-17-19(11-12)13-6-8-18(5)9-7-13;1-13(2)14(3,4)20-15(19-13)11-9-17-18(10-11)12-5-7-16-8-6-12/h12-13,15H,8-11H2,1-7H3;10-11,13H,6-9H2,1-5H3;9-10,12,16H,5-8H2,1-4H3. The van der Waals surface area contributed by atoms with Crippen LogP contribution >= 0.6 is 0 Å². The van der Waals surface area contributed by atoms with E-state index in [-0.39, 0.29) is 60.0 Å². The van der Waals surface area contributed by atoms with Crippen LogP contribution in [0, 0.1) is 0 Å². The second kappa shape index (κ2) is 19.8. The highest BCUT2D eigenvalue weighted by Gasteiger charge is 2.54. The molecule has 17 nitrogen and oxygen atoms in total. The van der Waals surface area contributed by atoms with Crippen LogP contribution in [0.5, 0.6) is 0 Å². The van der Waals surface area contributed by atoms with E-state index in [1.165, 1.54) is 0 Å². The number of likely N-dealkylation sites (tertiary alicyclic amines) is 2. The first-order chi connectivity index (χ1) is 31.6. The van der Waals surface area contributed by atoms with Crippen LogP contribution in [0.2, 0.25) is 0 Å². The number of amides is 1. The van der Waals surface area contributed by atoms with Gasteiger partial charge in [-0.05, 0) is 176 Å². The van der Waals surface area contributed by atoms with Crippen molar-refractivity contribution in [2.45, 2.75) is 200 Å². The van der Waals surface area contributed by atoms with Crippen molar-refractivity contribution >= 4 is 43.8 Å². The molecule has 0 aliphatic carbocycles. The van der Waals surface area contributed by atoms with E-state index in [1.807, 2.05) is 77.9 Å². The molecule has 0 aromatic carbocycles. The molecule has 0 spiro atoms. The molecule has 6 aliphatic rings.